The minimum absolute atomic E-state index is 0.111. The zero-order valence-corrected chi connectivity index (χ0v) is 16.3. The van der Waals surface area contributed by atoms with Gasteiger partial charge in [-0.15, -0.1) is 0 Å². The van der Waals surface area contributed by atoms with Gasteiger partial charge >= 0.3 is 5.97 Å². The largest absolute Gasteiger partial charge is 0.452 e. The topological polar surface area (TPSA) is 72.5 Å². The second-order valence-electron chi connectivity index (χ2n) is 6.74. The predicted octanol–water partition coefficient (Wildman–Crippen LogP) is 4.03. The summed E-state index contributed by atoms with van der Waals surface area (Å²) in [6, 6.07) is 12.7. The summed E-state index contributed by atoms with van der Waals surface area (Å²) in [5, 5.41) is 3.30. The molecular weight excluding hydrogens is 366 g/mol. The third kappa shape index (κ3) is 5.66. The van der Waals surface area contributed by atoms with Crippen LogP contribution in [0, 0.1) is 0 Å². The van der Waals surface area contributed by atoms with Crippen molar-refractivity contribution in [3.8, 4) is 0 Å². The van der Waals surface area contributed by atoms with Gasteiger partial charge in [-0.1, -0.05) is 36.7 Å². The van der Waals surface area contributed by atoms with Crippen molar-refractivity contribution in [3.63, 3.8) is 0 Å². The number of ether oxygens (including phenoxy) is 1. The third-order valence-electron chi connectivity index (χ3n) is 4.19. The van der Waals surface area contributed by atoms with Crippen molar-refractivity contribution in [1.82, 2.24) is 5.32 Å². The molecule has 2 rings (SSSR count). The molecule has 0 spiro atoms. The van der Waals surface area contributed by atoms with Crippen LogP contribution < -0.4 is 5.32 Å². The highest BCUT2D eigenvalue weighted by molar-refractivity contribution is 6.30. The second-order valence-corrected chi connectivity index (χ2v) is 7.18. The number of amides is 1. The number of carbonyl (C=O) groups is 3. The maximum Gasteiger partial charge on any atom is 0.339 e. The molecule has 1 amide bonds. The van der Waals surface area contributed by atoms with E-state index in [1.165, 1.54) is 6.07 Å². The highest BCUT2D eigenvalue weighted by Gasteiger charge is 2.22. The van der Waals surface area contributed by atoms with Crippen molar-refractivity contribution >= 4 is 29.3 Å². The zero-order valence-electron chi connectivity index (χ0n) is 15.5. The Morgan fingerprint density at radius 1 is 1.00 bits per heavy atom. The summed E-state index contributed by atoms with van der Waals surface area (Å²) in [5.41, 5.74) is 0.340. The monoisotopic (exact) mass is 387 g/mol. The number of esters is 1. The number of ketones is 1. The van der Waals surface area contributed by atoms with Crippen LogP contribution in [0.2, 0.25) is 5.02 Å². The fourth-order valence-corrected chi connectivity index (χ4v) is 2.45. The molecule has 0 saturated carbocycles. The molecule has 0 saturated heterocycles. The normalized spacial score (nSPS) is 11.0. The quantitative estimate of drug-likeness (QED) is 0.575. The highest BCUT2D eigenvalue weighted by atomic mass is 35.5. The fraction of sp³-hybridized carbons (Fsp3) is 0.286. The van der Waals surface area contributed by atoms with Gasteiger partial charge in [0.2, 0.25) is 0 Å². The molecule has 0 aromatic heterocycles. The Morgan fingerprint density at radius 3 is 2.19 bits per heavy atom. The lowest BCUT2D eigenvalue weighted by atomic mass is 9.98. The summed E-state index contributed by atoms with van der Waals surface area (Å²) in [6.45, 7) is 5.30. The van der Waals surface area contributed by atoms with E-state index in [-0.39, 0.29) is 22.4 Å². The van der Waals surface area contributed by atoms with E-state index in [0.717, 1.165) is 6.42 Å². The van der Waals surface area contributed by atoms with Crippen molar-refractivity contribution in [3.05, 3.63) is 70.2 Å². The molecule has 2 aromatic carbocycles. The molecule has 0 heterocycles. The van der Waals surface area contributed by atoms with E-state index in [4.69, 9.17) is 16.3 Å². The second kappa shape index (κ2) is 8.82. The summed E-state index contributed by atoms with van der Waals surface area (Å²) < 4.78 is 5.10. The first-order chi connectivity index (χ1) is 12.7. The van der Waals surface area contributed by atoms with Gasteiger partial charge in [0.05, 0.1) is 5.56 Å². The van der Waals surface area contributed by atoms with E-state index < -0.39 is 18.5 Å². The summed E-state index contributed by atoms with van der Waals surface area (Å²) in [4.78, 5) is 37.1. The van der Waals surface area contributed by atoms with E-state index >= 15 is 0 Å². The standard InChI is InChI=1S/C21H22ClNO4/c1-4-21(2,3)23-18(24)13-27-20(26)17-8-6-5-7-16(17)19(25)14-9-11-15(22)12-10-14/h5-12H,4,13H2,1-3H3,(H,23,24). The summed E-state index contributed by atoms with van der Waals surface area (Å²) in [5.74, 6) is -1.44. The zero-order chi connectivity index (χ0) is 20.0. The Morgan fingerprint density at radius 2 is 1.59 bits per heavy atom. The van der Waals surface area contributed by atoms with E-state index in [0.29, 0.717) is 10.6 Å². The summed E-state index contributed by atoms with van der Waals surface area (Å²) >= 11 is 5.85. The number of hydrogen-bond donors (Lipinski definition) is 1. The van der Waals surface area contributed by atoms with Gasteiger partial charge in [0, 0.05) is 21.7 Å². The Hall–Kier alpha value is -2.66. The van der Waals surface area contributed by atoms with Gasteiger partial charge in [0.1, 0.15) is 0 Å². The number of rotatable bonds is 7. The number of nitrogens with one attached hydrogen (secondary N) is 1. The maximum atomic E-state index is 12.7. The average Bonchev–Trinajstić information content (AvgIpc) is 2.66. The minimum atomic E-state index is -0.725. The van der Waals surface area contributed by atoms with E-state index in [9.17, 15) is 14.4 Å². The lowest BCUT2D eigenvalue weighted by molar-refractivity contribution is -0.125. The van der Waals surface area contributed by atoms with Crippen LogP contribution in [0.25, 0.3) is 0 Å². The molecule has 6 heteroatoms. The molecule has 0 radical (unpaired) electrons. The van der Waals surface area contributed by atoms with Crippen LogP contribution in [0.3, 0.4) is 0 Å². The minimum Gasteiger partial charge on any atom is -0.452 e. The summed E-state index contributed by atoms with van der Waals surface area (Å²) in [6.07, 6.45) is 0.741. The molecule has 0 aliphatic heterocycles. The van der Waals surface area contributed by atoms with Crippen LogP contribution in [0.15, 0.2) is 48.5 Å². The summed E-state index contributed by atoms with van der Waals surface area (Å²) in [7, 11) is 0. The van der Waals surface area contributed by atoms with Crippen molar-refractivity contribution in [2.75, 3.05) is 6.61 Å². The molecule has 0 unspecified atom stereocenters. The molecule has 0 atom stereocenters. The van der Waals surface area contributed by atoms with Crippen LogP contribution in [-0.4, -0.2) is 29.8 Å². The van der Waals surface area contributed by atoms with Crippen molar-refractivity contribution in [2.45, 2.75) is 32.7 Å². The smallest absolute Gasteiger partial charge is 0.339 e. The van der Waals surface area contributed by atoms with Gasteiger partial charge in [0.25, 0.3) is 5.91 Å². The van der Waals surface area contributed by atoms with E-state index in [1.54, 1.807) is 42.5 Å². The molecule has 0 fully saturated rings. The first-order valence-corrected chi connectivity index (χ1v) is 8.99. The predicted molar refractivity (Wildman–Crippen MR) is 104 cm³/mol. The first-order valence-electron chi connectivity index (χ1n) is 8.61. The molecule has 1 N–H and O–H groups in total. The number of carbonyl (C=O) groups excluding carboxylic acids is 3. The Kier molecular flexibility index (Phi) is 6.75. The molecule has 0 bridgehead atoms. The van der Waals surface area contributed by atoms with Gasteiger partial charge in [-0.05, 0) is 50.6 Å². The number of hydrogen-bond acceptors (Lipinski definition) is 4. The Bertz CT molecular complexity index is 844. The Balaban J connectivity index is 2.12. The van der Waals surface area contributed by atoms with Gasteiger partial charge in [-0.3, -0.25) is 9.59 Å². The van der Waals surface area contributed by atoms with Crippen LogP contribution in [0.1, 0.15) is 53.5 Å². The molecular formula is C21H22ClNO4. The number of benzene rings is 2. The molecule has 2 aromatic rings. The highest BCUT2D eigenvalue weighted by Crippen LogP contribution is 2.18. The van der Waals surface area contributed by atoms with Crippen molar-refractivity contribution < 1.29 is 19.1 Å². The average molecular weight is 388 g/mol. The third-order valence-corrected chi connectivity index (χ3v) is 4.45. The first kappa shape index (κ1) is 20.6. The molecule has 5 nitrogen and oxygen atoms in total. The molecule has 27 heavy (non-hydrogen) atoms. The van der Waals surface area contributed by atoms with Crippen LogP contribution in [0.4, 0.5) is 0 Å². The van der Waals surface area contributed by atoms with Crippen LogP contribution in [-0.2, 0) is 9.53 Å². The van der Waals surface area contributed by atoms with E-state index in [2.05, 4.69) is 5.32 Å². The molecule has 0 aliphatic carbocycles. The SMILES string of the molecule is CCC(C)(C)NC(=O)COC(=O)c1ccccc1C(=O)c1ccc(Cl)cc1. The van der Waals surface area contributed by atoms with Gasteiger partial charge in [-0.25, -0.2) is 4.79 Å². The van der Waals surface area contributed by atoms with Gasteiger partial charge in [0.15, 0.2) is 12.4 Å². The van der Waals surface area contributed by atoms with Gasteiger partial charge < -0.3 is 10.1 Å². The lowest BCUT2D eigenvalue weighted by Gasteiger charge is -2.24. The molecule has 0 aliphatic rings. The van der Waals surface area contributed by atoms with Crippen molar-refractivity contribution in [2.24, 2.45) is 0 Å². The van der Waals surface area contributed by atoms with Crippen LogP contribution >= 0.6 is 11.6 Å². The maximum absolute atomic E-state index is 12.7. The Labute approximate surface area is 163 Å². The molecule has 142 valence electrons. The van der Waals surface area contributed by atoms with E-state index in [1.807, 2.05) is 20.8 Å². The number of halogens is 1. The van der Waals surface area contributed by atoms with Crippen molar-refractivity contribution in [1.29, 1.82) is 0 Å². The van der Waals surface area contributed by atoms with Gasteiger partial charge in [-0.2, -0.15) is 0 Å². The fourth-order valence-electron chi connectivity index (χ4n) is 2.33. The van der Waals surface area contributed by atoms with Crippen LogP contribution in [0.5, 0.6) is 0 Å². The lowest BCUT2D eigenvalue weighted by Crippen LogP contribution is -2.44.